The Hall–Kier alpha value is -1.31. The second kappa shape index (κ2) is 9.66. The summed E-state index contributed by atoms with van der Waals surface area (Å²) in [6.45, 7) is 7.21. The first-order valence-electron chi connectivity index (χ1n) is 7.66. The number of amides is 1. The molecule has 5 nitrogen and oxygen atoms in total. The zero-order valence-corrected chi connectivity index (χ0v) is 15.6. The smallest absolute Gasteiger partial charge is 0.227 e. The van der Waals surface area contributed by atoms with E-state index in [0.717, 1.165) is 43.3 Å². The quantitative estimate of drug-likeness (QED) is 0.441. The first kappa shape index (κ1) is 18.7. The Bertz CT molecular complexity index is 511. The number of halogens is 1. The van der Waals surface area contributed by atoms with Gasteiger partial charge in [0.25, 0.3) is 0 Å². The van der Waals surface area contributed by atoms with Gasteiger partial charge in [0, 0.05) is 31.7 Å². The molecule has 0 bridgehead atoms. The van der Waals surface area contributed by atoms with Crippen LogP contribution >= 0.6 is 24.0 Å². The van der Waals surface area contributed by atoms with Gasteiger partial charge in [-0.15, -0.1) is 24.0 Å². The molecule has 22 heavy (non-hydrogen) atoms. The number of hydrogen-bond donors (Lipinski definition) is 2. The molecule has 1 saturated heterocycles. The SMILES string of the molecule is CCNC(=NCc1cccc(N2CCCC2=O)c1)NCC.I. The van der Waals surface area contributed by atoms with Crippen LogP contribution in [0.3, 0.4) is 0 Å². The molecule has 1 fully saturated rings. The van der Waals surface area contributed by atoms with E-state index in [2.05, 4.69) is 21.7 Å². The number of aliphatic imine (C=N–C) groups is 1. The fraction of sp³-hybridized carbons (Fsp3) is 0.500. The standard InChI is InChI=1S/C16H24N4O.HI/c1-3-17-16(18-4-2)19-12-13-7-5-8-14(11-13)20-10-6-9-15(20)21;/h5,7-8,11H,3-4,6,9-10,12H2,1-2H3,(H2,17,18,19);1H. The van der Waals surface area contributed by atoms with Gasteiger partial charge in [0.15, 0.2) is 5.96 Å². The van der Waals surface area contributed by atoms with Crippen molar-refractivity contribution in [2.45, 2.75) is 33.2 Å². The van der Waals surface area contributed by atoms with Gasteiger partial charge in [0.1, 0.15) is 0 Å². The Balaban J connectivity index is 0.00000242. The zero-order chi connectivity index (χ0) is 15.1. The minimum Gasteiger partial charge on any atom is -0.357 e. The van der Waals surface area contributed by atoms with Crippen LogP contribution in [0.2, 0.25) is 0 Å². The van der Waals surface area contributed by atoms with Crippen molar-refractivity contribution in [3.63, 3.8) is 0 Å². The monoisotopic (exact) mass is 416 g/mol. The van der Waals surface area contributed by atoms with Gasteiger partial charge in [-0.1, -0.05) is 12.1 Å². The van der Waals surface area contributed by atoms with Gasteiger partial charge in [-0.2, -0.15) is 0 Å². The fourth-order valence-electron chi connectivity index (χ4n) is 2.42. The van der Waals surface area contributed by atoms with Crippen LogP contribution in [0.25, 0.3) is 0 Å². The molecule has 0 radical (unpaired) electrons. The Labute approximate surface area is 149 Å². The van der Waals surface area contributed by atoms with Crippen LogP contribution in [-0.2, 0) is 11.3 Å². The van der Waals surface area contributed by atoms with Gasteiger partial charge in [-0.05, 0) is 38.0 Å². The molecule has 0 aromatic heterocycles. The number of nitrogens with zero attached hydrogens (tertiary/aromatic N) is 2. The van der Waals surface area contributed by atoms with E-state index in [1.807, 2.05) is 36.9 Å². The van der Waals surface area contributed by atoms with E-state index in [1.165, 1.54) is 0 Å². The van der Waals surface area contributed by atoms with Gasteiger partial charge in [0.05, 0.1) is 6.54 Å². The third kappa shape index (κ3) is 5.15. The van der Waals surface area contributed by atoms with Gasteiger partial charge in [0.2, 0.25) is 5.91 Å². The molecule has 2 rings (SSSR count). The summed E-state index contributed by atoms with van der Waals surface area (Å²) in [5.74, 6) is 1.04. The molecule has 0 saturated carbocycles. The molecule has 2 N–H and O–H groups in total. The summed E-state index contributed by atoms with van der Waals surface area (Å²) in [6.07, 6.45) is 1.61. The number of carbonyl (C=O) groups excluding carboxylic acids is 1. The summed E-state index contributed by atoms with van der Waals surface area (Å²) in [4.78, 5) is 18.2. The number of benzene rings is 1. The lowest BCUT2D eigenvalue weighted by molar-refractivity contribution is -0.117. The predicted molar refractivity (Wildman–Crippen MR) is 102 cm³/mol. The van der Waals surface area contributed by atoms with Gasteiger partial charge in [-0.3, -0.25) is 4.79 Å². The van der Waals surface area contributed by atoms with Crippen LogP contribution in [0, 0.1) is 0 Å². The molecule has 1 aromatic carbocycles. The summed E-state index contributed by atoms with van der Waals surface area (Å²) >= 11 is 0. The van der Waals surface area contributed by atoms with Gasteiger partial charge in [-0.25, -0.2) is 4.99 Å². The predicted octanol–water partition coefficient (Wildman–Crippen LogP) is 2.51. The largest absolute Gasteiger partial charge is 0.357 e. The molecule has 6 heteroatoms. The van der Waals surface area contributed by atoms with Crippen molar-refractivity contribution >= 4 is 41.5 Å². The molecule has 0 atom stereocenters. The third-order valence-corrected chi connectivity index (χ3v) is 3.40. The molecule has 1 aromatic rings. The first-order valence-corrected chi connectivity index (χ1v) is 7.66. The number of carbonyl (C=O) groups is 1. The van der Waals surface area contributed by atoms with Crippen molar-refractivity contribution in [1.82, 2.24) is 10.6 Å². The summed E-state index contributed by atoms with van der Waals surface area (Å²) in [5.41, 5.74) is 2.10. The normalized spacial score (nSPS) is 13.5. The van der Waals surface area contributed by atoms with E-state index in [0.29, 0.717) is 13.0 Å². The molecular weight excluding hydrogens is 391 g/mol. The molecule has 0 aliphatic carbocycles. The molecule has 0 spiro atoms. The van der Waals surface area contributed by atoms with E-state index >= 15 is 0 Å². The Kier molecular flexibility index (Phi) is 8.22. The van der Waals surface area contributed by atoms with Crippen LogP contribution < -0.4 is 15.5 Å². The van der Waals surface area contributed by atoms with Gasteiger partial charge < -0.3 is 15.5 Å². The number of rotatable bonds is 5. The summed E-state index contributed by atoms with van der Waals surface area (Å²) in [6, 6.07) is 8.09. The summed E-state index contributed by atoms with van der Waals surface area (Å²) in [5, 5.41) is 6.41. The van der Waals surface area contributed by atoms with E-state index < -0.39 is 0 Å². The lowest BCUT2D eigenvalue weighted by atomic mass is 10.2. The highest BCUT2D eigenvalue weighted by molar-refractivity contribution is 14.0. The Morgan fingerprint density at radius 2 is 2.00 bits per heavy atom. The maximum atomic E-state index is 11.8. The van der Waals surface area contributed by atoms with E-state index in [1.54, 1.807) is 0 Å². The number of anilines is 1. The second-order valence-electron chi connectivity index (χ2n) is 5.04. The fourth-order valence-corrected chi connectivity index (χ4v) is 2.42. The van der Waals surface area contributed by atoms with Crippen molar-refractivity contribution in [2.24, 2.45) is 4.99 Å². The van der Waals surface area contributed by atoms with Crippen LogP contribution in [0.5, 0.6) is 0 Å². The topological polar surface area (TPSA) is 56.7 Å². The van der Waals surface area contributed by atoms with Crippen molar-refractivity contribution in [2.75, 3.05) is 24.5 Å². The maximum absolute atomic E-state index is 11.8. The Morgan fingerprint density at radius 3 is 2.59 bits per heavy atom. The average Bonchev–Trinajstić information content (AvgIpc) is 2.92. The Morgan fingerprint density at radius 1 is 1.27 bits per heavy atom. The average molecular weight is 416 g/mol. The van der Waals surface area contributed by atoms with Crippen LogP contribution in [0.15, 0.2) is 29.3 Å². The lowest BCUT2D eigenvalue weighted by Gasteiger charge is -2.16. The van der Waals surface area contributed by atoms with Crippen molar-refractivity contribution in [3.8, 4) is 0 Å². The van der Waals surface area contributed by atoms with Crippen molar-refractivity contribution in [3.05, 3.63) is 29.8 Å². The second-order valence-corrected chi connectivity index (χ2v) is 5.04. The van der Waals surface area contributed by atoms with E-state index in [9.17, 15) is 4.79 Å². The summed E-state index contributed by atoms with van der Waals surface area (Å²) in [7, 11) is 0. The molecule has 1 heterocycles. The van der Waals surface area contributed by atoms with Crippen molar-refractivity contribution in [1.29, 1.82) is 0 Å². The van der Waals surface area contributed by atoms with Crippen LogP contribution in [0.4, 0.5) is 5.69 Å². The molecule has 122 valence electrons. The minimum atomic E-state index is 0. The third-order valence-electron chi connectivity index (χ3n) is 3.40. The lowest BCUT2D eigenvalue weighted by Crippen LogP contribution is -2.36. The highest BCUT2D eigenvalue weighted by Gasteiger charge is 2.21. The molecule has 1 amide bonds. The number of nitrogens with one attached hydrogen (secondary N) is 2. The highest BCUT2D eigenvalue weighted by Crippen LogP contribution is 2.22. The van der Waals surface area contributed by atoms with Crippen LogP contribution in [-0.4, -0.2) is 31.5 Å². The first-order chi connectivity index (χ1) is 10.2. The number of hydrogen-bond acceptors (Lipinski definition) is 2. The minimum absolute atomic E-state index is 0. The van der Waals surface area contributed by atoms with Crippen molar-refractivity contribution < 1.29 is 4.79 Å². The molecule has 1 aliphatic heterocycles. The molecular formula is C16H25IN4O. The summed E-state index contributed by atoms with van der Waals surface area (Å²) < 4.78 is 0. The highest BCUT2D eigenvalue weighted by atomic mass is 127. The number of guanidine groups is 1. The van der Waals surface area contributed by atoms with Crippen LogP contribution in [0.1, 0.15) is 32.3 Å². The maximum Gasteiger partial charge on any atom is 0.227 e. The van der Waals surface area contributed by atoms with Gasteiger partial charge >= 0.3 is 0 Å². The van der Waals surface area contributed by atoms with E-state index in [-0.39, 0.29) is 29.9 Å². The van der Waals surface area contributed by atoms with E-state index in [4.69, 9.17) is 0 Å². The zero-order valence-electron chi connectivity index (χ0n) is 13.3. The molecule has 0 unspecified atom stereocenters. The molecule has 1 aliphatic rings.